The average Bonchev–Trinajstić information content (AvgIpc) is 3.18. The van der Waals surface area contributed by atoms with E-state index in [0.717, 1.165) is 25.2 Å². The van der Waals surface area contributed by atoms with Gasteiger partial charge in [0.1, 0.15) is 0 Å². The maximum atomic E-state index is 13.4. The van der Waals surface area contributed by atoms with Crippen LogP contribution in [0, 0.1) is 10.1 Å². The number of ether oxygens (including phenoxy) is 1. The lowest BCUT2D eigenvalue weighted by Crippen LogP contribution is -2.41. The molecule has 1 fully saturated rings. The number of morpholine rings is 1. The summed E-state index contributed by atoms with van der Waals surface area (Å²) in [6, 6.07) is 15.8. The van der Waals surface area contributed by atoms with Gasteiger partial charge >= 0.3 is 0 Å². The van der Waals surface area contributed by atoms with Gasteiger partial charge in [0.05, 0.1) is 41.6 Å². The van der Waals surface area contributed by atoms with Gasteiger partial charge in [-0.15, -0.1) is 0 Å². The number of aromatic nitrogens is 2. The second-order valence-corrected chi connectivity index (χ2v) is 8.07. The molecule has 0 atom stereocenters. The van der Waals surface area contributed by atoms with Gasteiger partial charge in [0.15, 0.2) is 5.82 Å². The van der Waals surface area contributed by atoms with Crippen LogP contribution in [-0.4, -0.2) is 70.0 Å². The zero-order valence-corrected chi connectivity index (χ0v) is 18.0. The smallest absolute Gasteiger partial charge is 0.270 e. The van der Waals surface area contributed by atoms with E-state index in [1.165, 1.54) is 12.1 Å². The molecule has 0 unspecified atom stereocenters. The number of hydrogen-bond donors (Lipinski definition) is 0. The van der Waals surface area contributed by atoms with Gasteiger partial charge in [0.2, 0.25) is 0 Å². The third kappa shape index (κ3) is 4.33. The molecule has 168 valence electrons. The van der Waals surface area contributed by atoms with Crippen LogP contribution in [0.5, 0.6) is 0 Å². The number of amides is 1. The summed E-state index contributed by atoms with van der Waals surface area (Å²) < 4.78 is 5.40. The molecule has 0 saturated carbocycles. The topological polar surface area (TPSA) is 102 Å². The summed E-state index contributed by atoms with van der Waals surface area (Å²) >= 11 is 0. The summed E-state index contributed by atoms with van der Waals surface area (Å²) in [5, 5.41) is 11.3. The molecule has 1 amide bonds. The van der Waals surface area contributed by atoms with Gasteiger partial charge in [-0.3, -0.25) is 19.8 Å². The third-order valence-corrected chi connectivity index (χ3v) is 5.98. The van der Waals surface area contributed by atoms with Crippen molar-refractivity contribution in [3.63, 3.8) is 0 Å². The monoisotopic (exact) mass is 445 g/mol. The highest BCUT2D eigenvalue weighted by molar-refractivity contribution is 6.03. The Kier molecular flexibility index (Phi) is 5.80. The van der Waals surface area contributed by atoms with Crippen LogP contribution in [0.3, 0.4) is 0 Å². The molecule has 1 aromatic heterocycles. The quantitative estimate of drug-likeness (QED) is 0.425. The number of fused-ring (bicyclic) bond motifs is 1. The van der Waals surface area contributed by atoms with E-state index in [9.17, 15) is 14.9 Å². The molecule has 2 aliphatic rings. The molecule has 0 bridgehead atoms. The molecule has 0 N–H and O–H groups in total. The Balaban J connectivity index is 1.52. The fraction of sp³-hybridized carbons (Fsp3) is 0.292. The number of non-ortho nitro benzene ring substituents is 1. The Hall–Kier alpha value is -3.69. The number of hydrogen-bond acceptors (Lipinski definition) is 7. The highest BCUT2D eigenvalue weighted by atomic mass is 16.6. The van der Waals surface area contributed by atoms with Crippen LogP contribution >= 0.6 is 0 Å². The first-order chi connectivity index (χ1) is 16.1. The molecule has 5 rings (SSSR count). The predicted octanol–water partition coefficient (Wildman–Crippen LogP) is 3.01. The molecule has 3 heterocycles. The number of nitrogens with zero attached hydrogens (tertiary/aromatic N) is 5. The van der Waals surface area contributed by atoms with E-state index in [1.807, 2.05) is 30.3 Å². The number of nitro groups is 1. The predicted molar refractivity (Wildman–Crippen MR) is 122 cm³/mol. The van der Waals surface area contributed by atoms with Gasteiger partial charge in [-0.25, -0.2) is 9.97 Å². The van der Waals surface area contributed by atoms with Crippen LogP contribution < -0.4 is 0 Å². The number of carbonyl (C=O) groups excluding carboxylic acids is 1. The zero-order valence-electron chi connectivity index (χ0n) is 18.0. The molecule has 0 spiro atoms. The molecule has 33 heavy (non-hydrogen) atoms. The van der Waals surface area contributed by atoms with Crippen LogP contribution in [0.4, 0.5) is 5.69 Å². The zero-order chi connectivity index (χ0) is 22.8. The summed E-state index contributed by atoms with van der Waals surface area (Å²) in [5.74, 6) is 0.359. The number of carbonyl (C=O) groups is 1. The molecule has 0 aliphatic carbocycles. The van der Waals surface area contributed by atoms with E-state index in [2.05, 4.69) is 4.90 Å². The first-order valence-corrected chi connectivity index (χ1v) is 10.9. The minimum atomic E-state index is -0.445. The normalized spacial score (nSPS) is 16.1. The summed E-state index contributed by atoms with van der Waals surface area (Å²) in [5.41, 5.74) is 2.82. The third-order valence-electron chi connectivity index (χ3n) is 5.98. The molecule has 9 heteroatoms. The van der Waals surface area contributed by atoms with Crippen molar-refractivity contribution in [1.29, 1.82) is 0 Å². The highest BCUT2D eigenvalue weighted by Crippen LogP contribution is 2.33. The van der Waals surface area contributed by atoms with E-state index in [-0.39, 0.29) is 11.6 Å². The number of benzene rings is 2. The Morgan fingerprint density at radius 3 is 2.48 bits per heavy atom. The Bertz CT molecular complexity index is 1190. The number of rotatable bonds is 6. The molecule has 1 saturated heterocycles. The number of nitro benzene ring substituents is 1. The van der Waals surface area contributed by atoms with Gasteiger partial charge in [-0.05, 0) is 0 Å². The molecule has 2 aliphatic heterocycles. The van der Waals surface area contributed by atoms with Gasteiger partial charge < -0.3 is 9.64 Å². The first kappa shape index (κ1) is 21.2. The van der Waals surface area contributed by atoms with Crippen molar-refractivity contribution in [3.8, 4) is 22.6 Å². The van der Waals surface area contributed by atoms with Gasteiger partial charge in [-0.1, -0.05) is 42.5 Å². The summed E-state index contributed by atoms with van der Waals surface area (Å²) in [7, 11) is 0. The van der Waals surface area contributed by atoms with Crippen LogP contribution in [0.2, 0.25) is 0 Å². The summed E-state index contributed by atoms with van der Waals surface area (Å²) in [6.45, 7) is 4.84. The van der Waals surface area contributed by atoms with E-state index in [0.29, 0.717) is 54.6 Å². The van der Waals surface area contributed by atoms with Crippen molar-refractivity contribution in [3.05, 3.63) is 76.0 Å². The Morgan fingerprint density at radius 1 is 0.970 bits per heavy atom. The SMILES string of the molecule is O=C1c2c(nc(-c3ccccc3)nc2-c2cccc([N+](=O)[O-])c2)CN1CCN1CCOCC1. The van der Waals surface area contributed by atoms with Crippen LogP contribution in [0.15, 0.2) is 54.6 Å². The van der Waals surface area contributed by atoms with Crippen molar-refractivity contribution in [2.45, 2.75) is 6.54 Å². The lowest BCUT2D eigenvalue weighted by molar-refractivity contribution is -0.384. The highest BCUT2D eigenvalue weighted by Gasteiger charge is 2.34. The van der Waals surface area contributed by atoms with Crippen LogP contribution in [0.25, 0.3) is 22.6 Å². The van der Waals surface area contributed by atoms with E-state index >= 15 is 0 Å². The van der Waals surface area contributed by atoms with Crippen molar-refractivity contribution in [2.24, 2.45) is 0 Å². The minimum absolute atomic E-state index is 0.0456. The molecular formula is C24H23N5O4. The molecule has 3 aromatic rings. The van der Waals surface area contributed by atoms with E-state index < -0.39 is 4.92 Å². The summed E-state index contributed by atoms with van der Waals surface area (Å²) in [4.78, 5) is 37.8. The maximum Gasteiger partial charge on any atom is 0.270 e. The van der Waals surface area contributed by atoms with E-state index in [4.69, 9.17) is 14.7 Å². The van der Waals surface area contributed by atoms with Gasteiger partial charge in [-0.2, -0.15) is 0 Å². The van der Waals surface area contributed by atoms with Crippen LogP contribution in [-0.2, 0) is 11.3 Å². The molecule has 2 aromatic carbocycles. The summed E-state index contributed by atoms with van der Waals surface area (Å²) in [6.07, 6.45) is 0. The van der Waals surface area contributed by atoms with E-state index in [1.54, 1.807) is 17.0 Å². The minimum Gasteiger partial charge on any atom is -0.379 e. The van der Waals surface area contributed by atoms with Gasteiger partial charge in [0, 0.05) is 49.4 Å². The first-order valence-electron chi connectivity index (χ1n) is 10.9. The van der Waals surface area contributed by atoms with Crippen molar-refractivity contribution in [1.82, 2.24) is 19.8 Å². The lowest BCUT2D eigenvalue weighted by Gasteiger charge is -2.28. The average molecular weight is 445 g/mol. The second kappa shape index (κ2) is 9.05. The Morgan fingerprint density at radius 2 is 1.73 bits per heavy atom. The molecule has 9 nitrogen and oxygen atoms in total. The largest absolute Gasteiger partial charge is 0.379 e. The van der Waals surface area contributed by atoms with Crippen molar-refractivity contribution in [2.75, 3.05) is 39.4 Å². The van der Waals surface area contributed by atoms with Crippen LogP contribution in [0.1, 0.15) is 16.1 Å². The maximum absolute atomic E-state index is 13.4. The standard InChI is InChI=1S/C24H23N5O4/c30-24-21-20(16-28(24)10-9-27-11-13-33-14-12-27)25-23(17-5-2-1-3-6-17)26-22(21)18-7-4-8-19(15-18)29(31)32/h1-8,15H,9-14,16H2. The fourth-order valence-corrected chi connectivity index (χ4v) is 4.22. The van der Waals surface area contributed by atoms with Crippen molar-refractivity contribution < 1.29 is 14.5 Å². The van der Waals surface area contributed by atoms with Gasteiger partial charge in [0.25, 0.3) is 11.6 Å². The lowest BCUT2D eigenvalue weighted by atomic mass is 10.0. The van der Waals surface area contributed by atoms with Crippen molar-refractivity contribution >= 4 is 11.6 Å². The molecular weight excluding hydrogens is 422 g/mol. The second-order valence-electron chi connectivity index (χ2n) is 8.07. The fourth-order valence-electron chi connectivity index (χ4n) is 4.22. The Labute approximate surface area is 190 Å². The molecule has 0 radical (unpaired) electrons.